The minimum absolute atomic E-state index is 0.437. The summed E-state index contributed by atoms with van der Waals surface area (Å²) in [5, 5.41) is 0. The summed E-state index contributed by atoms with van der Waals surface area (Å²) in [6.07, 6.45) is 4.57. The predicted octanol–water partition coefficient (Wildman–Crippen LogP) is 2.01. The summed E-state index contributed by atoms with van der Waals surface area (Å²) >= 11 is 0. The molecule has 3 nitrogen and oxygen atoms in total. The molecule has 0 atom stereocenters. The molecule has 2 rings (SSSR count). The van der Waals surface area contributed by atoms with E-state index in [9.17, 15) is 0 Å². The topological polar surface area (TPSA) is 25.4 Å². The van der Waals surface area contributed by atoms with Crippen molar-refractivity contribution in [2.75, 3.05) is 25.1 Å². The Bertz CT molecular complexity index is 302. The molecule has 15 heavy (non-hydrogen) atoms. The molecular weight excluding hydrogens is 188 g/mol. The van der Waals surface area contributed by atoms with Gasteiger partial charge in [0.1, 0.15) is 5.82 Å². The Balaban J connectivity index is 1.98. The van der Waals surface area contributed by atoms with Crippen LogP contribution in [0.4, 0.5) is 5.82 Å². The van der Waals surface area contributed by atoms with Gasteiger partial charge in [-0.2, -0.15) is 0 Å². The molecule has 0 bridgehead atoms. The highest BCUT2D eigenvalue weighted by Gasteiger charge is 2.19. The van der Waals surface area contributed by atoms with Crippen molar-refractivity contribution in [3.8, 4) is 0 Å². The standard InChI is InChI=1S/C12H18N2O/c1-10-3-4-12(13-9-10)14-7-5-11(15-2)6-8-14/h3-4,9,11H,5-8H2,1-2H3. The maximum absolute atomic E-state index is 5.35. The molecule has 1 saturated heterocycles. The third kappa shape index (κ3) is 2.48. The number of hydrogen-bond donors (Lipinski definition) is 0. The van der Waals surface area contributed by atoms with Crippen LogP contribution < -0.4 is 4.90 Å². The largest absolute Gasteiger partial charge is 0.381 e. The average Bonchev–Trinajstić information content (AvgIpc) is 2.30. The van der Waals surface area contributed by atoms with Crippen LogP contribution in [0, 0.1) is 6.92 Å². The van der Waals surface area contributed by atoms with Gasteiger partial charge in [0.15, 0.2) is 0 Å². The van der Waals surface area contributed by atoms with E-state index in [2.05, 4.69) is 28.9 Å². The number of ether oxygens (including phenoxy) is 1. The van der Waals surface area contributed by atoms with E-state index in [1.54, 1.807) is 7.11 Å². The van der Waals surface area contributed by atoms with Gasteiger partial charge in [-0.3, -0.25) is 0 Å². The lowest BCUT2D eigenvalue weighted by atomic mass is 10.1. The van der Waals surface area contributed by atoms with Crippen LogP contribution in [0.1, 0.15) is 18.4 Å². The molecular formula is C12H18N2O. The van der Waals surface area contributed by atoms with Gasteiger partial charge < -0.3 is 9.64 Å². The molecule has 0 unspecified atom stereocenters. The monoisotopic (exact) mass is 206 g/mol. The van der Waals surface area contributed by atoms with E-state index in [1.807, 2.05) is 6.20 Å². The van der Waals surface area contributed by atoms with E-state index in [0.717, 1.165) is 31.7 Å². The van der Waals surface area contributed by atoms with Crippen molar-refractivity contribution in [3.63, 3.8) is 0 Å². The second kappa shape index (κ2) is 4.62. The van der Waals surface area contributed by atoms with Crippen molar-refractivity contribution in [1.29, 1.82) is 0 Å². The maximum atomic E-state index is 5.35. The van der Waals surface area contributed by atoms with E-state index >= 15 is 0 Å². The number of nitrogens with zero attached hydrogens (tertiary/aromatic N) is 2. The quantitative estimate of drug-likeness (QED) is 0.740. The average molecular weight is 206 g/mol. The lowest BCUT2D eigenvalue weighted by molar-refractivity contribution is 0.0818. The van der Waals surface area contributed by atoms with Gasteiger partial charge in [-0.1, -0.05) is 6.07 Å². The third-order valence-electron chi connectivity index (χ3n) is 3.00. The number of pyridine rings is 1. The third-order valence-corrected chi connectivity index (χ3v) is 3.00. The van der Waals surface area contributed by atoms with Gasteiger partial charge in [-0.25, -0.2) is 4.98 Å². The zero-order valence-corrected chi connectivity index (χ0v) is 9.44. The zero-order valence-electron chi connectivity index (χ0n) is 9.44. The molecule has 0 radical (unpaired) electrons. The molecule has 1 aromatic rings. The normalized spacial score (nSPS) is 18.1. The number of methoxy groups -OCH3 is 1. The molecule has 82 valence electrons. The highest BCUT2D eigenvalue weighted by Crippen LogP contribution is 2.18. The fraction of sp³-hybridized carbons (Fsp3) is 0.583. The van der Waals surface area contributed by atoms with Gasteiger partial charge in [0, 0.05) is 26.4 Å². The summed E-state index contributed by atoms with van der Waals surface area (Å²) in [5.74, 6) is 1.09. The lowest BCUT2D eigenvalue weighted by Gasteiger charge is -2.32. The van der Waals surface area contributed by atoms with Crippen molar-refractivity contribution >= 4 is 5.82 Å². The Morgan fingerprint density at radius 3 is 2.60 bits per heavy atom. The fourth-order valence-corrected chi connectivity index (χ4v) is 1.97. The smallest absolute Gasteiger partial charge is 0.128 e. The second-order valence-electron chi connectivity index (χ2n) is 4.12. The van der Waals surface area contributed by atoms with Crippen LogP contribution in [0.3, 0.4) is 0 Å². The molecule has 3 heteroatoms. The van der Waals surface area contributed by atoms with Crippen LogP contribution in [0.25, 0.3) is 0 Å². The van der Waals surface area contributed by atoms with E-state index in [0.29, 0.717) is 6.10 Å². The van der Waals surface area contributed by atoms with Gasteiger partial charge in [0.2, 0.25) is 0 Å². The molecule has 0 spiro atoms. The Morgan fingerprint density at radius 2 is 2.07 bits per heavy atom. The Hall–Kier alpha value is -1.09. The lowest BCUT2D eigenvalue weighted by Crippen LogP contribution is -2.37. The highest BCUT2D eigenvalue weighted by atomic mass is 16.5. The molecule has 0 aliphatic carbocycles. The van der Waals surface area contributed by atoms with Crippen molar-refractivity contribution in [1.82, 2.24) is 4.98 Å². The molecule has 1 fully saturated rings. The minimum atomic E-state index is 0.437. The minimum Gasteiger partial charge on any atom is -0.381 e. The number of anilines is 1. The summed E-state index contributed by atoms with van der Waals surface area (Å²) in [6, 6.07) is 4.22. The second-order valence-corrected chi connectivity index (χ2v) is 4.12. The van der Waals surface area contributed by atoms with Crippen molar-refractivity contribution in [3.05, 3.63) is 23.9 Å². The van der Waals surface area contributed by atoms with Gasteiger partial charge in [-0.15, -0.1) is 0 Å². The van der Waals surface area contributed by atoms with Gasteiger partial charge >= 0.3 is 0 Å². The number of aryl methyl sites for hydroxylation is 1. The van der Waals surface area contributed by atoms with Crippen LogP contribution in [-0.2, 0) is 4.74 Å². The van der Waals surface area contributed by atoms with Crippen molar-refractivity contribution < 1.29 is 4.74 Å². The first-order valence-corrected chi connectivity index (χ1v) is 5.50. The van der Waals surface area contributed by atoms with Crippen LogP contribution in [0.5, 0.6) is 0 Å². The van der Waals surface area contributed by atoms with Gasteiger partial charge in [0.05, 0.1) is 6.10 Å². The molecule has 1 aromatic heterocycles. The molecule has 1 aliphatic heterocycles. The fourth-order valence-electron chi connectivity index (χ4n) is 1.97. The number of aromatic nitrogens is 1. The Morgan fingerprint density at radius 1 is 1.33 bits per heavy atom. The van der Waals surface area contributed by atoms with Crippen LogP contribution >= 0.6 is 0 Å². The van der Waals surface area contributed by atoms with E-state index in [-0.39, 0.29) is 0 Å². The summed E-state index contributed by atoms with van der Waals surface area (Å²) in [6.45, 7) is 4.16. The summed E-state index contributed by atoms with van der Waals surface area (Å²) in [4.78, 5) is 6.77. The van der Waals surface area contributed by atoms with E-state index in [1.165, 1.54) is 5.56 Å². The summed E-state index contributed by atoms with van der Waals surface area (Å²) in [7, 11) is 1.80. The molecule has 0 saturated carbocycles. The molecule has 0 aromatic carbocycles. The summed E-state index contributed by atoms with van der Waals surface area (Å²) in [5.41, 5.74) is 1.21. The molecule has 0 N–H and O–H groups in total. The van der Waals surface area contributed by atoms with Gasteiger partial charge in [0.25, 0.3) is 0 Å². The first-order valence-electron chi connectivity index (χ1n) is 5.50. The van der Waals surface area contributed by atoms with Crippen molar-refractivity contribution in [2.24, 2.45) is 0 Å². The van der Waals surface area contributed by atoms with Crippen LogP contribution in [0.2, 0.25) is 0 Å². The predicted molar refractivity (Wildman–Crippen MR) is 61.2 cm³/mol. The van der Waals surface area contributed by atoms with Crippen molar-refractivity contribution in [2.45, 2.75) is 25.9 Å². The van der Waals surface area contributed by atoms with E-state index < -0.39 is 0 Å². The molecule has 0 amide bonds. The zero-order chi connectivity index (χ0) is 10.7. The van der Waals surface area contributed by atoms with Crippen LogP contribution in [-0.4, -0.2) is 31.3 Å². The summed E-state index contributed by atoms with van der Waals surface area (Å²) < 4.78 is 5.35. The SMILES string of the molecule is COC1CCN(c2ccc(C)cn2)CC1. The maximum Gasteiger partial charge on any atom is 0.128 e. The van der Waals surface area contributed by atoms with E-state index in [4.69, 9.17) is 4.74 Å². The Labute approximate surface area is 91.1 Å². The number of hydrogen-bond acceptors (Lipinski definition) is 3. The van der Waals surface area contributed by atoms with Crippen LogP contribution in [0.15, 0.2) is 18.3 Å². The highest BCUT2D eigenvalue weighted by molar-refractivity contribution is 5.39. The number of piperidine rings is 1. The first-order chi connectivity index (χ1) is 7.29. The van der Waals surface area contributed by atoms with Gasteiger partial charge in [-0.05, 0) is 31.4 Å². The Kier molecular flexibility index (Phi) is 3.21. The first kappa shape index (κ1) is 10.4. The molecule has 1 aliphatic rings. The molecule has 2 heterocycles. The number of rotatable bonds is 2.